The second-order valence-electron chi connectivity index (χ2n) is 4.52. The van der Waals surface area contributed by atoms with Crippen LogP contribution < -0.4 is 5.73 Å². The molecule has 0 saturated carbocycles. The molecular weight excluding hydrogens is 242 g/mol. The summed E-state index contributed by atoms with van der Waals surface area (Å²) in [6.07, 6.45) is 2.69. The zero-order chi connectivity index (χ0) is 12.5. The summed E-state index contributed by atoms with van der Waals surface area (Å²) in [7, 11) is -2.99. The Morgan fingerprint density at radius 1 is 1.53 bits per heavy atom. The maximum atomic E-state index is 11.8. The molecule has 17 heavy (non-hydrogen) atoms. The van der Waals surface area contributed by atoms with Crippen LogP contribution in [0.3, 0.4) is 0 Å². The van der Waals surface area contributed by atoms with E-state index in [9.17, 15) is 8.42 Å². The Balaban J connectivity index is 2.09. The van der Waals surface area contributed by atoms with E-state index in [1.807, 2.05) is 0 Å². The van der Waals surface area contributed by atoms with Crippen molar-refractivity contribution in [1.82, 2.24) is 10.1 Å². The number of aromatic nitrogens is 2. The Bertz CT molecular complexity index is 481. The highest BCUT2D eigenvalue weighted by Gasteiger charge is 2.30. The summed E-state index contributed by atoms with van der Waals surface area (Å²) in [6, 6.07) is -0.296. The van der Waals surface area contributed by atoms with Gasteiger partial charge in [-0.2, -0.15) is 4.98 Å². The third-order valence-electron chi connectivity index (χ3n) is 3.01. The molecule has 0 bridgehead atoms. The van der Waals surface area contributed by atoms with Gasteiger partial charge in [0.15, 0.2) is 15.7 Å². The van der Waals surface area contributed by atoms with Gasteiger partial charge in [0.1, 0.15) is 0 Å². The minimum absolute atomic E-state index is 0.270. The van der Waals surface area contributed by atoms with Crippen LogP contribution in [0.15, 0.2) is 4.52 Å². The number of rotatable bonds is 3. The van der Waals surface area contributed by atoms with Gasteiger partial charge in [0.05, 0.1) is 17.0 Å². The maximum absolute atomic E-state index is 11.8. The van der Waals surface area contributed by atoms with Crippen molar-refractivity contribution in [3.05, 3.63) is 11.7 Å². The average Bonchev–Trinajstić information content (AvgIpc) is 2.70. The predicted molar refractivity (Wildman–Crippen MR) is 62.0 cm³/mol. The van der Waals surface area contributed by atoms with Crippen LogP contribution in [0.1, 0.15) is 43.9 Å². The highest BCUT2D eigenvalue weighted by Crippen LogP contribution is 2.22. The Hall–Kier alpha value is -0.950. The fourth-order valence-corrected chi connectivity index (χ4v) is 3.84. The van der Waals surface area contributed by atoms with E-state index >= 15 is 0 Å². The molecule has 2 rings (SSSR count). The molecule has 2 heterocycles. The quantitative estimate of drug-likeness (QED) is 0.853. The van der Waals surface area contributed by atoms with Crippen molar-refractivity contribution in [1.29, 1.82) is 0 Å². The second kappa shape index (κ2) is 4.73. The Morgan fingerprint density at radius 3 is 2.88 bits per heavy atom. The zero-order valence-corrected chi connectivity index (χ0v) is 10.6. The van der Waals surface area contributed by atoms with Gasteiger partial charge < -0.3 is 10.3 Å². The largest absolute Gasteiger partial charge is 0.339 e. The van der Waals surface area contributed by atoms with Crippen LogP contribution >= 0.6 is 0 Å². The predicted octanol–water partition coefficient (Wildman–Crippen LogP) is 0.599. The van der Waals surface area contributed by atoms with E-state index in [4.69, 9.17) is 10.3 Å². The fraction of sp³-hybridized carbons (Fsp3) is 0.800. The zero-order valence-electron chi connectivity index (χ0n) is 9.80. The molecule has 1 fully saturated rings. The highest BCUT2D eigenvalue weighted by atomic mass is 32.2. The maximum Gasteiger partial charge on any atom is 0.228 e. The standard InChI is InChI=1S/C10H17N3O3S/c1-7(11)10-12-9(16-13-10)6-8-4-2-3-5-17(8,14)15/h7-8H,2-6,11H2,1H3. The topological polar surface area (TPSA) is 99.1 Å². The molecule has 2 atom stereocenters. The van der Waals surface area contributed by atoms with Crippen molar-refractivity contribution >= 4 is 9.84 Å². The molecule has 1 aliphatic rings. The molecule has 1 aromatic heterocycles. The lowest BCUT2D eigenvalue weighted by atomic mass is 10.1. The minimum Gasteiger partial charge on any atom is -0.339 e. The van der Waals surface area contributed by atoms with E-state index in [2.05, 4.69) is 10.1 Å². The first-order valence-electron chi connectivity index (χ1n) is 5.78. The number of nitrogens with zero attached hydrogens (tertiary/aromatic N) is 2. The first-order chi connectivity index (χ1) is 7.99. The fourth-order valence-electron chi connectivity index (χ4n) is 1.98. The average molecular weight is 259 g/mol. The van der Waals surface area contributed by atoms with Crippen LogP contribution in [0, 0.1) is 0 Å². The molecule has 0 aromatic carbocycles. The summed E-state index contributed by atoms with van der Waals surface area (Å²) in [4.78, 5) is 4.10. The van der Waals surface area contributed by atoms with E-state index < -0.39 is 9.84 Å². The van der Waals surface area contributed by atoms with Crippen LogP contribution in [0.5, 0.6) is 0 Å². The lowest BCUT2D eigenvalue weighted by Crippen LogP contribution is -2.30. The molecule has 1 aliphatic heterocycles. The van der Waals surface area contributed by atoms with Crippen LogP contribution in [-0.2, 0) is 16.3 Å². The molecule has 1 saturated heterocycles. The molecule has 6 nitrogen and oxygen atoms in total. The normalized spacial score (nSPS) is 25.6. The summed E-state index contributed by atoms with van der Waals surface area (Å²) in [5, 5.41) is 3.35. The number of sulfone groups is 1. The molecule has 0 radical (unpaired) electrons. The van der Waals surface area contributed by atoms with Gasteiger partial charge in [0.25, 0.3) is 0 Å². The third kappa shape index (κ3) is 2.84. The SMILES string of the molecule is CC(N)c1noc(CC2CCCCS2(=O)=O)n1. The van der Waals surface area contributed by atoms with E-state index in [0.717, 1.165) is 12.8 Å². The molecule has 0 amide bonds. The number of hydrogen-bond donors (Lipinski definition) is 1. The molecule has 0 spiro atoms. The van der Waals surface area contributed by atoms with E-state index in [1.165, 1.54) is 0 Å². The van der Waals surface area contributed by atoms with Gasteiger partial charge in [-0.25, -0.2) is 8.42 Å². The van der Waals surface area contributed by atoms with Crippen molar-refractivity contribution < 1.29 is 12.9 Å². The van der Waals surface area contributed by atoms with Gasteiger partial charge in [-0.15, -0.1) is 0 Å². The summed E-state index contributed by atoms with van der Waals surface area (Å²) >= 11 is 0. The molecular formula is C10H17N3O3S. The monoisotopic (exact) mass is 259 g/mol. The van der Waals surface area contributed by atoms with Gasteiger partial charge in [0, 0.05) is 6.42 Å². The molecule has 96 valence electrons. The van der Waals surface area contributed by atoms with Gasteiger partial charge in [0.2, 0.25) is 5.89 Å². The Kier molecular flexibility index (Phi) is 3.48. The van der Waals surface area contributed by atoms with Crippen molar-refractivity contribution in [3.8, 4) is 0 Å². The minimum atomic E-state index is -2.99. The first-order valence-corrected chi connectivity index (χ1v) is 7.50. The third-order valence-corrected chi connectivity index (χ3v) is 5.28. The van der Waals surface area contributed by atoms with Gasteiger partial charge >= 0.3 is 0 Å². The van der Waals surface area contributed by atoms with Gasteiger partial charge in [-0.05, 0) is 19.8 Å². The Labute approximate surface area is 100 Å². The van der Waals surface area contributed by atoms with E-state index in [1.54, 1.807) is 6.92 Å². The second-order valence-corrected chi connectivity index (χ2v) is 6.92. The first kappa shape index (κ1) is 12.5. The van der Waals surface area contributed by atoms with Crippen molar-refractivity contribution in [2.45, 2.75) is 43.9 Å². The lowest BCUT2D eigenvalue weighted by Gasteiger charge is -2.20. The van der Waals surface area contributed by atoms with Crippen LogP contribution in [0.4, 0.5) is 0 Å². The van der Waals surface area contributed by atoms with Crippen LogP contribution in [-0.4, -0.2) is 29.6 Å². The van der Waals surface area contributed by atoms with Crippen molar-refractivity contribution in [3.63, 3.8) is 0 Å². The number of nitrogens with two attached hydrogens (primary N) is 1. The van der Waals surface area contributed by atoms with E-state index in [0.29, 0.717) is 24.6 Å². The molecule has 1 aromatic rings. The van der Waals surface area contributed by atoms with Crippen LogP contribution in [0.25, 0.3) is 0 Å². The van der Waals surface area contributed by atoms with Gasteiger partial charge in [-0.1, -0.05) is 11.6 Å². The summed E-state index contributed by atoms with van der Waals surface area (Å²) in [6.45, 7) is 1.76. The smallest absolute Gasteiger partial charge is 0.228 e. The summed E-state index contributed by atoms with van der Waals surface area (Å²) in [5.41, 5.74) is 5.61. The van der Waals surface area contributed by atoms with Crippen molar-refractivity contribution in [2.75, 3.05) is 5.75 Å². The number of hydrogen-bond acceptors (Lipinski definition) is 6. The van der Waals surface area contributed by atoms with Gasteiger partial charge in [-0.3, -0.25) is 0 Å². The summed E-state index contributed by atoms with van der Waals surface area (Å²) < 4.78 is 28.6. The van der Waals surface area contributed by atoms with E-state index in [-0.39, 0.29) is 17.0 Å². The highest BCUT2D eigenvalue weighted by molar-refractivity contribution is 7.92. The molecule has 2 unspecified atom stereocenters. The summed E-state index contributed by atoms with van der Waals surface area (Å²) in [5.74, 6) is 1.06. The lowest BCUT2D eigenvalue weighted by molar-refractivity contribution is 0.365. The Morgan fingerprint density at radius 2 is 2.29 bits per heavy atom. The van der Waals surface area contributed by atoms with Crippen LogP contribution in [0.2, 0.25) is 0 Å². The van der Waals surface area contributed by atoms with Crippen molar-refractivity contribution in [2.24, 2.45) is 5.73 Å². The molecule has 2 N–H and O–H groups in total. The molecule has 0 aliphatic carbocycles. The molecule has 7 heteroatoms.